The highest BCUT2D eigenvalue weighted by Gasteiger charge is 2.44. The number of fused-ring (bicyclic) bond motifs is 2. The van der Waals surface area contributed by atoms with E-state index in [9.17, 15) is 15.3 Å². The molecular weight excluding hydrogens is 412 g/mol. The van der Waals surface area contributed by atoms with Crippen molar-refractivity contribution >= 4 is 33.7 Å². The number of benzene rings is 2. The number of hydrogen-bond donors (Lipinski definition) is 5. The Bertz CT molecular complexity index is 1260. The Morgan fingerprint density at radius 1 is 1.06 bits per heavy atom. The van der Waals surface area contributed by atoms with Crippen molar-refractivity contribution in [1.82, 2.24) is 19.5 Å². The number of ether oxygens (including phenoxy) is 1. The molecule has 32 heavy (non-hydrogen) atoms. The second kappa shape index (κ2) is 8.32. The molecule has 5 rings (SSSR count). The van der Waals surface area contributed by atoms with E-state index in [4.69, 9.17) is 10.5 Å². The maximum absolute atomic E-state index is 10.3. The molecule has 2 aromatic carbocycles. The van der Waals surface area contributed by atoms with Gasteiger partial charge in [0.25, 0.3) is 0 Å². The van der Waals surface area contributed by atoms with Gasteiger partial charge in [-0.25, -0.2) is 4.98 Å². The van der Waals surface area contributed by atoms with Crippen LogP contribution in [0.1, 0.15) is 11.8 Å². The number of nitrogens with two attached hydrogens (primary N) is 1. The lowest BCUT2D eigenvalue weighted by molar-refractivity contribution is -0.0511. The van der Waals surface area contributed by atoms with Crippen LogP contribution in [0.25, 0.3) is 21.9 Å². The Morgan fingerprint density at radius 2 is 1.88 bits per heavy atom. The van der Waals surface area contributed by atoms with Gasteiger partial charge in [-0.3, -0.25) is 4.57 Å². The SMILES string of the molecule is Nc1nc(NCCc2ccc3ccccc3c2)nc2c1ncn2[C@@H]1O[C@H](CO)[C@@H](O)[C@H]1O. The summed E-state index contributed by atoms with van der Waals surface area (Å²) in [5, 5.41) is 35.3. The molecule has 0 spiro atoms. The Hall–Kier alpha value is -3.31. The van der Waals surface area contributed by atoms with E-state index < -0.39 is 31.1 Å². The van der Waals surface area contributed by atoms with Crippen LogP contribution >= 0.6 is 0 Å². The molecule has 0 saturated carbocycles. The van der Waals surface area contributed by atoms with Crippen LogP contribution in [0.15, 0.2) is 48.8 Å². The lowest BCUT2D eigenvalue weighted by Crippen LogP contribution is -2.33. The number of nitrogen functional groups attached to an aromatic ring is 1. The molecule has 1 aliphatic heterocycles. The zero-order valence-electron chi connectivity index (χ0n) is 17.2. The van der Waals surface area contributed by atoms with Crippen molar-refractivity contribution < 1.29 is 20.1 Å². The minimum absolute atomic E-state index is 0.189. The Labute approximate surface area is 183 Å². The van der Waals surface area contributed by atoms with Crippen LogP contribution in [0.3, 0.4) is 0 Å². The summed E-state index contributed by atoms with van der Waals surface area (Å²) in [6, 6.07) is 14.6. The number of rotatable bonds is 6. The topological polar surface area (TPSA) is 152 Å². The van der Waals surface area contributed by atoms with Gasteiger partial charge in [0.15, 0.2) is 17.7 Å². The molecule has 10 heteroatoms. The first-order chi connectivity index (χ1) is 15.5. The van der Waals surface area contributed by atoms with E-state index in [2.05, 4.69) is 50.6 Å². The quantitative estimate of drug-likeness (QED) is 0.296. The number of anilines is 2. The monoisotopic (exact) mass is 436 g/mol. The number of aromatic nitrogens is 4. The standard InChI is InChI=1S/C22H24N6O4/c23-19-16-20(28(11-25-16)21-18(31)17(30)15(10-29)32-21)27-22(26-19)24-8-7-12-5-6-13-3-1-2-4-14(13)9-12/h1-6,9,11,15,17-18,21,29-31H,7-8,10H2,(H3,23,24,26,27)/t15-,17-,18-,21-/m1/s1. The molecule has 1 saturated heterocycles. The van der Waals surface area contributed by atoms with Gasteiger partial charge in [0, 0.05) is 6.54 Å². The third kappa shape index (κ3) is 3.63. The van der Waals surface area contributed by atoms with E-state index in [1.807, 2.05) is 12.1 Å². The van der Waals surface area contributed by atoms with E-state index in [-0.39, 0.29) is 5.82 Å². The second-order valence-corrected chi connectivity index (χ2v) is 7.84. The van der Waals surface area contributed by atoms with Crippen LogP contribution in [-0.4, -0.2) is 66.3 Å². The predicted molar refractivity (Wildman–Crippen MR) is 119 cm³/mol. The zero-order valence-corrected chi connectivity index (χ0v) is 17.2. The molecule has 4 atom stereocenters. The molecule has 0 radical (unpaired) electrons. The van der Waals surface area contributed by atoms with Crippen molar-refractivity contribution in [2.75, 3.05) is 24.2 Å². The van der Waals surface area contributed by atoms with Crippen molar-refractivity contribution in [3.63, 3.8) is 0 Å². The predicted octanol–water partition coefficient (Wildman–Crippen LogP) is 0.828. The molecule has 10 nitrogen and oxygen atoms in total. The molecule has 0 unspecified atom stereocenters. The molecule has 3 heterocycles. The van der Waals surface area contributed by atoms with Crippen LogP contribution in [0.5, 0.6) is 0 Å². The number of aliphatic hydroxyl groups is 3. The Morgan fingerprint density at radius 3 is 2.66 bits per heavy atom. The van der Waals surface area contributed by atoms with Crippen LogP contribution in [0.4, 0.5) is 11.8 Å². The van der Waals surface area contributed by atoms with Gasteiger partial charge in [0.05, 0.1) is 12.9 Å². The van der Waals surface area contributed by atoms with Crippen molar-refractivity contribution in [1.29, 1.82) is 0 Å². The van der Waals surface area contributed by atoms with Crippen molar-refractivity contribution in [2.45, 2.75) is 31.0 Å². The van der Waals surface area contributed by atoms with Crippen LogP contribution in [0, 0.1) is 0 Å². The lowest BCUT2D eigenvalue weighted by atomic mass is 10.1. The van der Waals surface area contributed by atoms with Gasteiger partial charge in [-0.2, -0.15) is 9.97 Å². The van der Waals surface area contributed by atoms with Gasteiger partial charge in [-0.15, -0.1) is 0 Å². The smallest absolute Gasteiger partial charge is 0.226 e. The largest absolute Gasteiger partial charge is 0.394 e. The zero-order chi connectivity index (χ0) is 22.2. The molecule has 2 aromatic heterocycles. The molecular formula is C22H24N6O4. The lowest BCUT2D eigenvalue weighted by Gasteiger charge is -2.17. The third-order valence-corrected chi connectivity index (χ3v) is 5.75. The summed E-state index contributed by atoms with van der Waals surface area (Å²) in [6.45, 7) is 0.172. The molecule has 0 bridgehead atoms. The van der Waals surface area contributed by atoms with Crippen LogP contribution in [-0.2, 0) is 11.2 Å². The first kappa shape index (κ1) is 20.6. The fourth-order valence-corrected chi connectivity index (χ4v) is 4.03. The number of aliphatic hydroxyl groups excluding tert-OH is 3. The maximum atomic E-state index is 10.3. The van der Waals surface area contributed by atoms with Gasteiger partial charge in [0.1, 0.15) is 23.8 Å². The summed E-state index contributed by atoms with van der Waals surface area (Å²) in [5.41, 5.74) is 7.98. The highest BCUT2D eigenvalue weighted by molar-refractivity contribution is 5.83. The number of nitrogens with zero attached hydrogens (tertiary/aromatic N) is 4. The van der Waals surface area contributed by atoms with E-state index in [1.54, 1.807) is 0 Å². The fourth-order valence-electron chi connectivity index (χ4n) is 4.03. The summed E-state index contributed by atoms with van der Waals surface area (Å²) >= 11 is 0. The number of nitrogens with one attached hydrogen (secondary N) is 1. The van der Waals surface area contributed by atoms with Crippen LogP contribution < -0.4 is 11.1 Å². The third-order valence-electron chi connectivity index (χ3n) is 5.75. The van der Waals surface area contributed by atoms with Gasteiger partial charge < -0.3 is 31.1 Å². The minimum Gasteiger partial charge on any atom is -0.394 e. The molecule has 1 fully saturated rings. The second-order valence-electron chi connectivity index (χ2n) is 7.84. The first-order valence-corrected chi connectivity index (χ1v) is 10.4. The first-order valence-electron chi connectivity index (χ1n) is 10.4. The molecule has 166 valence electrons. The van der Waals surface area contributed by atoms with Crippen molar-refractivity contribution in [3.05, 3.63) is 54.4 Å². The maximum Gasteiger partial charge on any atom is 0.226 e. The summed E-state index contributed by atoms with van der Waals surface area (Å²) in [4.78, 5) is 13.0. The summed E-state index contributed by atoms with van der Waals surface area (Å²) in [6.07, 6.45) is -2.13. The van der Waals surface area contributed by atoms with Gasteiger partial charge in [-0.1, -0.05) is 42.5 Å². The highest BCUT2D eigenvalue weighted by atomic mass is 16.6. The van der Waals surface area contributed by atoms with E-state index >= 15 is 0 Å². The molecule has 4 aromatic rings. The van der Waals surface area contributed by atoms with E-state index in [0.29, 0.717) is 23.7 Å². The molecule has 0 amide bonds. The molecule has 0 aliphatic carbocycles. The summed E-state index contributed by atoms with van der Waals surface area (Å²) < 4.78 is 7.08. The van der Waals surface area contributed by atoms with Crippen molar-refractivity contribution in [2.24, 2.45) is 0 Å². The fraction of sp³-hybridized carbons (Fsp3) is 0.318. The minimum atomic E-state index is -1.25. The molecule has 1 aliphatic rings. The molecule has 6 N–H and O–H groups in total. The van der Waals surface area contributed by atoms with Gasteiger partial charge in [0.2, 0.25) is 5.95 Å². The summed E-state index contributed by atoms with van der Waals surface area (Å²) in [5.74, 6) is 0.512. The Kier molecular flexibility index (Phi) is 5.35. The number of hydrogen-bond acceptors (Lipinski definition) is 9. The van der Waals surface area contributed by atoms with E-state index in [0.717, 1.165) is 6.42 Å². The average molecular weight is 436 g/mol. The van der Waals surface area contributed by atoms with Gasteiger partial charge >= 0.3 is 0 Å². The van der Waals surface area contributed by atoms with E-state index in [1.165, 1.54) is 27.2 Å². The number of imidazole rings is 1. The van der Waals surface area contributed by atoms with Crippen molar-refractivity contribution in [3.8, 4) is 0 Å². The summed E-state index contributed by atoms with van der Waals surface area (Å²) in [7, 11) is 0. The van der Waals surface area contributed by atoms with Gasteiger partial charge in [-0.05, 0) is 22.8 Å². The normalized spacial score (nSPS) is 23.2. The average Bonchev–Trinajstić information content (AvgIpc) is 3.35. The van der Waals surface area contributed by atoms with Crippen LogP contribution in [0.2, 0.25) is 0 Å². The Balaban J connectivity index is 1.35. The highest BCUT2D eigenvalue weighted by Crippen LogP contribution is 2.32.